The van der Waals surface area contributed by atoms with E-state index in [4.69, 9.17) is 5.26 Å². The molecule has 1 aromatic carbocycles. The molecule has 6 heteroatoms. The second-order valence-electron chi connectivity index (χ2n) is 5.52. The molecular formula is C17H19N5O. The molecule has 2 rings (SSSR count). The van der Waals surface area contributed by atoms with Gasteiger partial charge in [-0.3, -0.25) is 4.79 Å². The van der Waals surface area contributed by atoms with Gasteiger partial charge in [-0.15, -0.1) is 0 Å². The van der Waals surface area contributed by atoms with E-state index in [9.17, 15) is 4.79 Å². The van der Waals surface area contributed by atoms with Crippen molar-refractivity contribution in [2.75, 3.05) is 17.2 Å². The van der Waals surface area contributed by atoms with Crippen LogP contribution in [-0.2, 0) is 0 Å². The van der Waals surface area contributed by atoms with Gasteiger partial charge in [-0.2, -0.15) is 5.26 Å². The van der Waals surface area contributed by atoms with Crippen LogP contribution < -0.4 is 10.6 Å². The van der Waals surface area contributed by atoms with Crippen LogP contribution in [0.1, 0.15) is 36.3 Å². The van der Waals surface area contributed by atoms with Crippen molar-refractivity contribution in [3.05, 3.63) is 47.8 Å². The largest absolute Gasteiger partial charge is 0.354 e. The van der Waals surface area contributed by atoms with E-state index < -0.39 is 0 Å². The molecule has 0 saturated heterocycles. The summed E-state index contributed by atoms with van der Waals surface area (Å²) in [5.74, 6) is 0.715. The molecule has 2 aromatic rings. The minimum Gasteiger partial charge on any atom is -0.354 e. The SMILES string of the molecule is CC(C)CCNc1nccc(C(=O)Nc2ccc(C#N)cc2)n1. The molecule has 0 saturated carbocycles. The van der Waals surface area contributed by atoms with Crippen molar-refractivity contribution in [3.8, 4) is 6.07 Å². The standard InChI is InChI=1S/C17H19N5O/c1-12(2)7-9-19-17-20-10-8-15(22-17)16(23)21-14-5-3-13(11-18)4-6-14/h3-6,8,10,12H,7,9H2,1-2H3,(H,21,23)(H,19,20,22). The summed E-state index contributed by atoms with van der Waals surface area (Å²) in [7, 11) is 0. The number of nitrogens with zero attached hydrogens (tertiary/aromatic N) is 3. The molecule has 0 aliphatic rings. The van der Waals surface area contributed by atoms with Crippen molar-refractivity contribution in [2.45, 2.75) is 20.3 Å². The highest BCUT2D eigenvalue weighted by Crippen LogP contribution is 2.11. The summed E-state index contributed by atoms with van der Waals surface area (Å²) < 4.78 is 0. The second-order valence-corrected chi connectivity index (χ2v) is 5.52. The molecule has 118 valence electrons. The van der Waals surface area contributed by atoms with Gasteiger partial charge in [0, 0.05) is 18.4 Å². The van der Waals surface area contributed by atoms with E-state index in [0.29, 0.717) is 23.1 Å². The molecule has 1 heterocycles. The van der Waals surface area contributed by atoms with Crippen molar-refractivity contribution < 1.29 is 4.79 Å². The van der Waals surface area contributed by atoms with E-state index in [2.05, 4.69) is 34.4 Å². The summed E-state index contributed by atoms with van der Waals surface area (Å²) in [4.78, 5) is 20.5. The van der Waals surface area contributed by atoms with Crippen molar-refractivity contribution in [3.63, 3.8) is 0 Å². The fourth-order valence-corrected chi connectivity index (χ4v) is 1.87. The third-order valence-electron chi connectivity index (χ3n) is 3.16. The lowest BCUT2D eigenvalue weighted by Gasteiger charge is -2.08. The lowest BCUT2D eigenvalue weighted by atomic mass is 10.1. The Balaban J connectivity index is 1.99. The Kier molecular flexibility index (Phi) is 5.64. The quantitative estimate of drug-likeness (QED) is 0.855. The fourth-order valence-electron chi connectivity index (χ4n) is 1.87. The van der Waals surface area contributed by atoms with Gasteiger partial charge in [-0.1, -0.05) is 13.8 Å². The van der Waals surface area contributed by atoms with Crippen LogP contribution >= 0.6 is 0 Å². The van der Waals surface area contributed by atoms with E-state index in [1.165, 1.54) is 0 Å². The third-order valence-corrected chi connectivity index (χ3v) is 3.16. The Morgan fingerprint density at radius 2 is 2.00 bits per heavy atom. The zero-order valence-corrected chi connectivity index (χ0v) is 13.2. The Morgan fingerprint density at radius 1 is 1.26 bits per heavy atom. The molecule has 0 spiro atoms. The Bertz CT molecular complexity index is 704. The molecule has 0 bridgehead atoms. The molecule has 2 N–H and O–H groups in total. The third kappa shape index (κ3) is 5.08. The smallest absolute Gasteiger partial charge is 0.274 e. The first-order chi connectivity index (χ1) is 11.1. The van der Waals surface area contributed by atoms with E-state index >= 15 is 0 Å². The van der Waals surface area contributed by atoms with Crippen LogP contribution in [0.2, 0.25) is 0 Å². The number of carbonyl (C=O) groups excluding carboxylic acids is 1. The maximum absolute atomic E-state index is 12.2. The molecule has 0 aliphatic carbocycles. The Morgan fingerprint density at radius 3 is 2.65 bits per heavy atom. The van der Waals surface area contributed by atoms with Gasteiger partial charge in [0.05, 0.1) is 11.6 Å². The minimum atomic E-state index is -0.316. The number of benzene rings is 1. The van der Waals surface area contributed by atoms with Gasteiger partial charge in [-0.05, 0) is 42.7 Å². The molecule has 6 nitrogen and oxygen atoms in total. The van der Waals surface area contributed by atoms with Gasteiger partial charge < -0.3 is 10.6 Å². The summed E-state index contributed by atoms with van der Waals surface area (Å²) in [6.07, 6.45) is 2.56. The van der Waals surface area contributed by atoms with Gasteiger partial charge in [0.15, 0.2) is 0 Å². The predicted molar refractivity (Wildman–Crippen MR) is 89.1 cm³/mol. The van der Waals surface area contributed by atoms with E-state index in [1.54, 1.807) is 36.5 Å². The molecular weight excluding hydrogens is 290 g/mol. The summed E-state index contributed by atoms with van der Waals surface area (Å²) in [5, 5.41) is 14.6. The first-order valence-corrected chi connectivity index (χ1v) is 7.47. The summed E-state index contributed by atoms with van der Waals surface area (Å²) in [5.41, 5.74) is 1.44. The lowest BCUT2D eigenvalue weighted by Crippen LogP contribution is -2.16. The fraction of sp³-hybridized carbons (Fsp3) is 0.294. The van der Waals surface area contributed by atoms with Crippen LogP contribution in [-0.4, -0.2) is 22.4 Å². The first-order valence-electron chi connectivity index (χ1n) is 7.47. The zero-order valence-electron chi connectivity index (χ0n) is 13.2. The van der Waals surface area contributed by atoms with Crippen LogP contribution in [0.5, 0.6) is 0 Å². The number of nitriles is 1. The molecule has 0 unspecified atom stereocenters. The lowest BCUT2D eigenvalue weighted by molar-refractivity contribution is 0.102. The number of carbonyl (C=O) groups is 1. The first kappa shape index (κ1) is 16.4. The van der Waals surface area contributed by atoms with Gasteiger partial charge in [0.2, 0.25) is 5.95 Å². The van der Waals surface area contributed by atoms with Crippen LogP contribution in [0.3, 0.4) is 0 Å². The predicted octanol–water partition coefficient (Wildman–Crippen LogP) is 3.06. The highest BCUT2D eigenvalue weighted by atomic mass is 16.1. The number of amides is 1. The van der Waals surface area contributed by atoms with Gasteiger partial charge in [0.25, 0.3) is 5.91 Å². The summed E-state index contributed by atoms with van der Waals surface area (Å²) in [6, 6.07) is 10.2. The molecule has 1 aromatic heterocycles. The average molecular weight is 309 g/mol. The molecule has 0 fully saturated rings. The van der Waals surface area contributed by atoms with Crippen LogP contribution in [0.25, 0.3) is 0 Å². The van der Waals surface area contributed by atoms with E-state index in [1.807, 2.05) is 6.07 Å². The number of rotatable bonds is 6. The molecule has 0 aliphatic heterocycles. The van der Waals surface area contributed by atoms with Gasteiger partial charge in [0.1, 0.15) is 5.69 Å². The molecule has 0 radical (unpaired) electrons. The maximum Gasteiger partial charge on any atom is 0.274 e. The summed E-state index contributed by atoms with van der Waals surface area (Å²) >= 11 is 0. The van der Waals surface area contributed by atoms with Gasteiger partial charge in [-0.25, -0.2) is 9.97 Å². The molecule has 1 amide bonds. The maximum atomic E-state index is 12.2. The average Bonchev–Trinajstić information content (AvgIpc) is 2.55. The highest BCUT2D eigenvalue weighted by Gasteiger charge is 2.09. The Labute approximate surface area is 135 Å². The number of hydrogen-bond donors (Lipinski definition) is 2. The molecule has 0 atom stereocenters. The number of aromatic nitrogens is 2. The number of hydrogen-bond acceptors (Lipinski definition) is 5. The number of anilines is 2. The minimum absolute atomic E-state index is 0.288. The topological polar surface area (TPSA) is 90.7 Å². The summed E-state index contributed by atoms with van der Waals surface area (Å²) in [6.45, 7) is 5.05. The van der Waals surface area contributed by atoms with Crippen LogP contribution in [0.15, 0.2) is 36.5 Å². The zero-order chi connectivity index (χ0) is 16.7. The molecule has 23 heavy (non-hydrogen) atoms. The van der Waals surface area contributed by atoms with Crippen molar-refractivity contribution in [2.24, 2.45) is 5.92 Å². The van der Waals surface area contributed by atoms with Crippen molar-refractivity contribution in [1.82, 2.24) is 9.97 Å². The van der Waals surface area contributed by atoms with Crippen molar-refractivity contribution >= 4 is 17.5 Å². The normalized spacial score (nSPS) is 10.2. The van der Waals surface area contributed by atoms with Crippen LogP contribution in [0.4, 0.5) is 11.6 Å². The van der Waals surface area contributed by atoms with Crippen LogP contribution in [0, 0.1) is 17.2 Å². The monoisotopic (exact) mass is 309 g/mol. The van der Waals surface area contributed by atoms with Crippen molar-refractivity contribution in [1.29, 1.82) is 5.26 Å². The highest BCUT2D eigenvalue weighted by molar-refractivity contribution is 6.02. The van der Waals surface area contributed by atoms with Gasteiger partial charge >= 0.3 is 0 Å². The number of nitrogens with one attached hydrogen (secondary N) is 2. The second kappa shape index (κ2) is 7.90. The van der Waals surface area contributed by atoms with E-state index in [0.717, 1.165) is 13.0 Å². The Hall–Kier alpha value is -2.94. The van der Waals surface area contributed by atoms with E-state index in [-0.39, 0.29) is 11.6 Å².